The van der Waals surface area contributed by atoms with Gasteiger partial charge in [0.25, 0.3) is 0 Å². The molecule has 0 N–H and O–H groups in total. The molecule has 1 aromatic heterocycles. The number of thioether (sulfide) groups is 1. The maximum absolute atomic E-state index is 12.8. The number of nitrogens with zero attached hydrogens (tertiary/aromatic N) is 5. The van der Waals surface area contributed by atoms with Gasteiger partial charge in [-0.3, -0.25) is 9.36 Å². The molecule has 1 amide bonds. The van der Waals surface area contributed by atoms with Crippen molar-refractivity contribution in [3.05, 3.63) is 77.0 Å². The van der Waals surface area contributed by atoms with Gasteiger partial charge in [-0.25, -0.2) is 8.42 Å². The molecular formula is C24H27N5O3S2. The molecule has 0 bridgehead atoms. The first-order valence-corrected chi connectivity index (χ1v) is 13.5. The van der Waals surface area contributed by atoms with Crippen LogP contribution in [0.5, 0.6) is 0 Å². The topological polar surface area (TPSA) is 88.4 Å². The molecule has 0 aliphatic carbocycles. The predicted octanol–water partition coefficient (Wildman–Crippen LogP) is 3.12. The maximum atomic E-state index is 12.8. The number of sulfonamides is 1. The fourth-order valence-electron chi connectivity index (χ4n) is 3.75. The lowest BCUT2D eigenvalue weighted by Gasteiger charge is -2.33. The zero-order chi connectivity index (χ0) is 24.1. The molecule has 2 aromatic carbocycles. The zero-order valence-electron chi connectivity index (χ0n) is 19.2. The third kappa shape index (κ3) is 5.57. The van der Waals surface area contributed by atoms with Crippen molar-refractivity contribution in [3.63, 3.8) is 0 Å². The van der Waals surface area contributed by atoms with E-state index in [-0.39, 0.29) is 24.7 Å². The van der Waals surface area contributed by atoms with Crippen LogP contribution >= 0.6 is 11.8 Å². The molecule has 178 valence electrons. The molecule has 1 aliphatic heterocycles. The van der Waals surface area contributed by atoms with Crippen LogP contribution in [-0.4, -0.2) is 70.2 Å². The molecule has 0 saturated carbocycles. The summed E-state index contributed by atoms with van der Waals surface area (Å²) in [7, 11) is -3.54. The summed E-state index contributed by atoms with van der Waals surface area (Å²) in [4.78, 5) is 14.5. The highest BCUT2D eigenvalue weighted by molar-refractivity contribution is 7.99. The van der Waals surface area contributed by atoms with Gasteiger partial charge in [-0.15, -0.1) is 10.2 Å². The van der Waals surface area contributed by atoms with Gasteiger partial charge in [-0.2, -0.15) is 4.31 Å². The molecule has 0 spiro atoms. The van der Waals surface area contributed by atoms with Gasteiger partial charge in [0.2, 0.25) is 15.9 Å². The van der Waals surface area contributed by atoms with Gasteiger partial charge in [-0.05, 0) is 37.1 Å². The van der Waals surface area contributed by atoms with E-state index in [2.05, 4.69) is 10.2 Å². The van der Waals surface area contributed by atoms with E-state index in [4.69, 9.17) is 0 Å². The number of aromatic nitrogens is 3. The second-order valence-electron chi connectivity index (χ2n) is 7.98. The first-order valence-electron chi connectivity index (χ1n) is 11.0. The Morgan fingerprint density at radius 1 is 0.971 bits per heavy atom. The molecule has 2 heterocycles. The van der Waals surface area contributed by atoms with Crippen LogP contribution in [0.15, 0.2) is 65.2 Å². The number of amides is 1. The summed E-state index contributed by atoms with van der Waals surface area (Å²) in [6, 6.07) is 17.3. The van der Waals surface area contributed by atoms with Crippen LogP contribution in [0.1, 0.15) is 17.0 Å². The molecule has 4 rings (SSSR count). The third-order valence-corrected chi connectivity index (χ3v) is 8.14. The van der Waals surface area contributed by atoms with E-state index in [1.807, 2.05) is 73.0 Å². The van der Waals surface area contributed by atoms with Crippen LogP contribution in [0.4, 0.5) is 0 Å². The van der Waals surface area contributed by atoms with E-state index in [9.17, 15) is 13.2 Å². The van der Waals surface area contributed by atoms with Crippen LogP contribution in [0.2, 0.25) is 0 Å². The fourth-order valence-corrected chi connectivity index (χ4v) is 5.82. The van der Waals surface area contributed by atoms with Crippen molar-refractivity contribution in [2.24, 2.45) is 0 Å². The van der Waals surface area contributed by atoms with Gasteiger partial charge in [0.15, 0.2) is 5.16 Å². The number of rotatable bonds is 7. The summed E-state index contributed by atoms with van der Waals surface area (Å²) in [5.74, 6) is 0.926. The van der Waals surface area contributed by atoms with Crippen molar-refractivity contribution in [2.45, 2.75) is 19.0 Å². The highest BCUT2D eigenvalue weighted by atomic mass is 32.2. The van der Waals surface area contributed by atoms with Crippen LogP contribution < -0.4 is 0 Å². The molecule has 1 fully saturated rings. The van der Waals surface area contributed by atoms with Crippen molar-refractivity contribution in [1.82, 2.24) is 24.0 Å². The maximum Gasteiger partial charge on any atom is 0.236 e. The fraction of sp³-hybridized carbons (Fsp3) is 0.292. The Morgan fingerprint density at radius 2 is 1.65 bits per heavy atom. The number of para-hydroxylation sites is 1. The van der Waals surface area contributed by atoms with E-state index in [1.165, 1.54) is 21.5 Å². The molecule has 8 nitrogen and oxygen atoms in total. The van der Waals surface area contributed by atoms with Crippen LogP contribution in [0.3, 0.4) is 0 Å². The summed E-state index contributed by atoms with van der Waals surface area (Å²) in [6.45, 7) is 5.18. The third-order valence-electron chi connectivity index (χ3n) is 5.66. The first-order chi connectivity index (χ1) is 16.3. The average Bonchev–Trinajstić information content (AvgIpc) is 3.22. The second kappa shape index (κ2) is 10.5. The Labute approximate surface area is 204 Å². The van der Waals surface area contributed by atoms with Crippen LogP contribution in [-0.2, 0) is 14.8 Å². The lowest BCUT2D eigenvalue weighted by Crippen LogP contribution is -2.50. The standard InChI is InChI=1S/C24H27N5O3S2/c1-19-8-6-7-11-22(19)29-20(2)25-26-24(29)33-18-23(30)27-13-15-28(16-14-27)34(31,32)17-12-21-9-4-3-5-10-21/h3-12,17H,13-16,18H2,1-2H3/b17-12+. The average molecular weight is 498 g/mol. The lowest BCUT2D eigenvalue weighted by atomic mass is 10.2. The predicted molar refractivity (Wildman–Crippen MR) is 134 cm³/mol. The van der Waals surface area contributed by atoms with Gasteiger partial charge >= 0.3 is 0 Å². The molecule has 0 unspecified atom stereocenters. The van der Waals surface area contributed by atoms with Crippen molar-refractivity contribution in [2.75, 3.05) is 31.9 Å². The van der Waals surface area contributed by atoms with Crippen LogP contribution in [0.25, 0.3) is 11.8 Å². The summed E-state index contributed by atoms with van der Waals surface area (Å²) in [5, 5.41) is 10.3. The molecule has 34 heavy (non-hydrogen) atoms. The van der Waals surface area contributed by atoms with Gasteiger partial charge < -0.3 is 4.90 Å². The molecule has 0 atom stereocenters. The van der Waals surface area contributed by atoms with Gasteiger partial charge in [0.05, 0.1) is 11.4 Å². The summed E-state index contributed by atoms with van der Waals surface area (Å²) in [5.41, 5.74) is 2.91. The van der Waals surface area contributed by atoms with E-state index < -0.39 is 10.0 Å². The van der Waals surface area contributed by atoms with E-state index in [1.54, 1.807) is 11.0 Å². The molecule has 3 aromatic rings. The number of hydrogen-bond acceptors (Lipinski definition) is 6. The summed E-state index contributed by atoms with van der Waals surface area (Å²) < 4.78 is 28.7. The highest BCUT2D eigenvalue weighted by Gasteiger charge is 2.27. The minimum Gasteiger partial charge on any atom is -0.339 e. The number of piperazine rings is 1. The highest BCUT2D eigenvalue weighted by Crippen LogP contribution is 2.24. The molecule has 1 aliphatic rings. The summed E-state index contributed by atoms with van der Waals surface area (Å²) >= 11 is 1.34. The molecule has 1 saturated heterocycles. The largest absolute Gasteiger partial charge is 0.339 e. The Balaban J connectivity index is 1.34. The zero-order valence-corrected chi connectivity index (χ0v) is 20.8. The lowest BCUT2D eigenvalue weighted by molar-refractivity contribution is -0.129. The van der Waals surface area contributed by atoms with Gasteiger partial charge in [0, 0.05) is 31.6 Å². The van der Waals surface area contributed by atoms with Crippen LogP contribution in [0, 0.1) is 13.8 Å². The normalized spacial score (nSPS) is 15.2. The SMILES string of the molecule is Cc1ccccc1-n1c(C)nnc1SCC(=O)N1CCN(S(=O)(=O)/C=C/c2ccccc2)CC1. The minimum atomic E-state index is -3.54. The second-order valence-corrected chi connectivity index (χ2v) is 10.7. The van der Waals surface area contributed by atoms with Crippen molar-refractivity contribution < 1.29 is 13.2 Å². The number of hydrogen-bond donors (Lipinski definition) is 0. The Hall–Kier alpha value is -2.95. The Morgan fingerprint density at radius 3 is 2.35 bits per heavy atom. The number of carbonyl (C=O) groups is 1. The van der Waals surface area contributed by atoms with Crippen molar-refractivity contribution in [1.29, 1.82) is 0 Å². The molecule has 0 radical (unpaired) electrons. The quantitative estimate of drug-likeness (QED) is 0.466. The van der Waals surface area contributed by atoms with Crippen molar-refractivity contribution >= 4 is 33.8 Å². The number of carbonyl (C=O) groups excluding carboxylic acids is 1. The Kier molecular flexibility index (Phi) is 7.50. The van der Waals surface area contributed by atoms with Gasteiger partial charge in [0.1, 0.15) is 5.82 Å². The molecule has 10 heteroatoms. The number of aryl methyl sites for hydroxylation is 2. The molecular weight excluding hydrogens is 470 g/mol. The van der Waals surface area contributed by atoms with E-state index in [0.717, 1.165) is 22.6 Å². The smallest absolute Gasteiger partial charge is 0.236 e. The number of benzene rings is 2. The van der Waals surface area contributed by atoms with Gasteiger partial charge in [-0.1, -0.05) is 60.3 Å². The Bertz CT molecular complexity index is 1280. The first kappa shape index (κ1) is 24.2. The van der Waals surface area contributed by atoms with E-state index >= 15 is 0 Å². The van der Waals surface area contributed by atoms with Crippen molar-refractivity contribution in [3.8, 4) is 5.69 Å². The summed E-state index contributed by atoms with van der Waals surface area (Å²) in [6.07, 6.45) is 1.59. The van der Waals surface area contributed by atoms with E-state index in [0.29, 0.717) is 18.2 Å². The monoisotopic (exact) mass is 497 g/mol. The minimum absolute atomic E-state index is 0.0427.